The number of pyridine rings is 1. The molecule has 1 aliphatic heterocycles. The molecule has 0 unspecified atom stereocenters. The SMILES string of the molecule is CCOc1cncc(-c2cc(CN3CCN(c4ccc(C(=O)N(C)CC56CC7CC(CC(C7)C5)C6)cc4)CC3)cc(OC(F)(F)F)c2)c1. The monoisotopic (exact) mass is 662 g/mol. The summed E-state index contributed by atoms with van der Waals surface area (Å²) in [5.41, 5.74) is 4.07. The summed E-state index contributed by atoms with van der Waals surface area (Å²) in [4.78, 5) is 24.2. The lowest BCUT2D eigenvalue weighted by molar-refractivity contribution is -0.274. The Morgan fingerprint density at radius 3 is 2.17 bits per heavy atom. The summed E-state index contributed by atoms with van der Waals surface area (Å²) in [6.45, 7) is 6.70. The molecule has 4 bridgehead atoms. The van der Waals surface area contributed by atoms with Gasteiger partial charge in [-0.05, 0) is 128 Å². The molecule has 1 amide bonds. The van der Waals surface area contributed by atoms with Crippen LogP contribution in [-0.4, -0.2) is 73.4 Å². The van der Waals surface area contributed by atoms with Crippen molar-refractivity contribution in [2.24, 2.45) is 23.2 Å². The van der Waals surface area contributed by atoms with Gasteiger partial charge in [0, 0.05) is 69.3 Å². The second-order valence-electron chi connectivity index (χ2n) is 14.6. The molecule has 4 aliphatic carbocycles. The highest BCUT2D eigenvalue weighted by Crippen LogP contribution is 2.60. The molecule has 2 heterocycles. The maximum absolute atomic E-state index is 13.5. The third-order valence-corrected chi connectivity index (χ3v) is 10.9. The number of hydrogen-bond acceptors (Lipinski definition) is 6. The van der Waals surface area contributed by atoms with Gasteiger partial charge in [0.1, 0.15) is 11.5 Å². The number of ether oxygens (including phenoxy) is 2. The van der Waals surface area contributed by atoms with Crippen molar-refractivity contribution < 1.29 is 27.4 Å². The van der Waals surface area contributed by atoms with Gasteiger partial charge in [0.15, 0.2) is 0 Å². The van der Waals surface area contributed by atoms with E-state index in [2.05, 4.69) is 19.5 Å². The molecule has 7 nitrogen and oxygen atoms in total. The summed E-state index contributed by atoms with van der Waals surface area (Å²) in [6.07, 6.45) is 6.46. The maximum Gasteiger partial charge on any atom is 0.573 e. The Bertz CT molecular complexity index is 1570. The summed E-state index contributed by atoms with van der Waals surface area (Å²) >= 11 is 0. The number of hydrogen-bond donors (Lipinski definition) is 0. The highest BCUT2D eigenvalue weighted by atomic mass is 19.4. The number of piperazine rings is 1. The Balaban J connectivity index is 0.965. The molecule has 0 spiro atoms. The van der Waals surface area contributed by atoms with Crippen molar-refractivity contribution in [2.45, 2.75) is 58.4 Å². The Morgan fingerprint density at radius 2 is 1.54 bits per heavy atom. The Labute approximate surface area is 281 Å². The largest absolute Gasteiger partial charge is 0.573 e. The average molecular weight is 663 g/mol. The molecule has 5 aliphatic rings. The molecule has 256 valence electrons. The standard InChI is InChI=1S/C38H45F3N4O3/c1-3-47-35-18-32(22-42-23-35)31-15-29(16-34(17-31)48-38(39,40)41)24-44-8-10-45(11-9-44)33-6-4-30(5-7-33)36(46)43(2)25-37-19-26-12-27(20-37)14-28(13-26)21-37/h4-7,15-18,22-23,26-28H,3,8-14,19-21,24-25H2,1-2H3. The van der Waals surface area contributed by atoms with E-state index in [1.165, 1.54) is 50.7 Å². The second-order valence-corrected chi connectivity index (χ2v) is 14.6. The van der Waals surface area contributed by atoms with Crippen molar-refractivity contribution in [1.29, 1.82) is 0 Å². The van der Waals surface area contributed by atoms with Crippen molar-refractivity contribution in [3.63, 3.8) is 0 Å². The first-order valence-electron chi connectivity index (χ1n) is 17.3. The molecule has 3 aromatic rings. The van der Waals surface area contributed by atoms with E-state index in [-0.39, 0.29) is 11.7 Å². The summed E-state index contributed by atoms with van der Waals surface area (Å²) in [5, 5.41) is 0. The lowest BCUT2D eigenvalue weighted by Crippen LogP contribution is -2.51. The highest BCUT2D eigenvalue weighted by molar-refractivity contribution is 5.94. The molecule has 0 radical (unpaired) electrons. The van der Waals surface area contributed by atoms with Crippen LogP contribution in [0.15, 0.2) is 60.9 Å². The van der Waals surface area contributed by atoms with Crippen LogP contribution in [0.25, 0.3) is 11.1 Å². The van der Waals surface area contributed by atoms with E-state index in [0.29, 0.717) is 35.4 Å². The van der Waals surface area contributed by atoms with Crippen molar-refractivity contribution in [2.75, 3.05) is 51.3 Å². The Kier molecular flexibility index (Phi) is 9.04. The maximum atomic E-state index is 13.5. The van der Waals surface area contributed by atoms with E-state index in [4.69, 9.17) is 4.74 Å². The molecule has 1 aromatic heterocycles. The van der Waals surface area contributed by atoms with Gasteiger partial charge in [-0.25, -0.2) is 0 Å². The Morgan fingerprint density at radius 1 is 0.896 bits per heavy atom. The average Bonchev–Trinajstić information content (AvgIpc) is 3.03. The highest BCUT2D eigenvalue weighted by Gasteiger charge is 2.51. The molecular weight excluding hydrogens is 617 g/mol. The molecule has 10 heteroatoms. The molecule has 1 saturated heterocycles. The van der Waals surface area contributed by atoms with Crippen LogP contribution < -0.4 is 14.4 Å². The topological polar surface area (TPSA) is 58.1 Å². The zero-order chi connectivity index (χ0) is 33.5. The van der Waals surface area contributed by atoms with Crippen LogP contribution in [0, 0.1) is 23.2 Å². The zero-order valence-corrected chi connectivity index (χ0v) is 27.8. The van der Waals surface area contributed by atoms with Crippen molar-refractivity contribution in [3.05, 3.63) is 72.1 Å². The number of carbonyl (C=O) groups excluding carboxylic acids is 1. The van der Waals surface area contributed by atoms with Gasteiger partial charge < -0.3 is 19.3 Å². The first kappa shape index (κ1) is 32.7. The van der Waals surface area contributed by atoms with E-state index >= 15 is 0 Å². The fourth-order valence-electron chi connectivity index (χ4n) is 9.45. The van der Waals surface area contributed by atoms with Crippen LogP contribution in [0.5, 0.6) is 11.5 Å². The van der Waals surface area contributed by atoms with E-state index < -0.39 is 6.36 Å². The van der Waals surface area contributed by atoms with Gasteiger partial charge >= 0.3 is 6.36 Å². The molecule has 0 atom stereocenters. The number of aromatic nitrogens is 1. The molecule has 8 rings (SSSR count). The molecule has 2 aromatic carbocycles. The fraction of sp³-hybridized carbons (Fsp3) is 0.526. The van der Waals surface area contributed by atoms with Gasteiger partial charge in [0.05, 0.1) is 12.8 Å². The van der Waals surface area contributed by atoms with Crippen molar-refractivity contribution in [1.82, 2.24) is 14.8 Å². The van der Waals surface area contributed by atoms with Crippen LogP contribution in [0.3, 0.4) is 0 Å². The summed E-state index contributed by atoms with van der Waals surface area (Å²) in [6, 6.07) is 14.5. The molecule has 5 fully saturated rings. The second kappa shape index (κ2) is 13.3. The lowest BCUT2D eigenvalue weighted by Gasteiger charge is -2.57. The molecule has 48 heavy (non-hydrogen) atoms. The smallest absolute Gasteiger partial charge is 0.492 e. The van der Waals surface area contributed by atoms with Gasteiger partial charge in [-0.2, -0.15) is 0 Å². The Hall–Kier alpha value is -3.79. The number of alkyl halides is 3. The molecular formula is C38H45F3N4O3. The minimum absolute atomic E-state index is 0.0959. The third-order valence-electron chi connectivity index (χ3n) is 10.9. The summed E-state index contributed by atoms with van der Waals surface area (Å²) < 4.78 is 49.5. The van der Waals surface area contributed by atoms with Crippen LogP contribution >= 0.6 is 0 Å². The van der Waals surface area contributed by atoms with Crippen LogP contribution in [0.4, 0.5) is 18.9 Å². The molecule has 4 saturated carbocycles. The number of rotatable bonds is 10. The minimum Gasteiger partial charge on any atom is -0.492 e. The predicted octanol–water partition coefficient (Wildman–Crippen LogP) is 7.66. The van der Waals surface area contributed by atoms with Crippen molar-refractivity contribution in [3.8, 4) is 22.6 Å². The number of amides is 1. The third kappa shape index (κ3) is 7.43. The van der Waals surface area contributed by atoms with Gasteiger partial charge in [-0.3, -0.25) is 14.7 Å². The first-order chi connectivity index (χ1) is 23.0. The number of carbonyl (C=O) groups is 1. The van der Waals surface area contributed by atoms with Crippen LogP contribution in [0.2, 0.25) is 0 Å². The first-order valence-corrected chi connectivity index (χ1v) is 17.3. The summed E-state index contributed by atoms with van der Waals surface area (Å²) in [7, 11) is 1.97. The number of halogens is 3. The summed E-state index contributed by atoms with van der Waals surface area (Å²) in [5.74, 6) is 2.99. The fourth-order valence-corrected chi connectivity index (χ4v) is 9.45. The van der Waals surface area contributed by atoms with Crippen LogP contribution in [0.1, 0.15) is 61.4 Å². The number of benzene rings is 2. The van der Waals surface area contributed by atoms with Crippen LogP contribution in [-0.2, 0) is 6.54 Å². The van der Waals surface area contributed by atoms with Crippen molar-refractivity contribution >= 4 is 11.6 Å². The number of anilines is 1. The minimum atomic E-state index is -4.79. The van der Waals surface area contributed by atoms with Gasteiger partial charge in [-0.1, -0.05) is 0 Å². The van der Waals surface area contributed by atoms with Gasteiger partial charge in [-0.15, -0.1) is 13.2 Å². The predicted molar refractivity (Wildman–Crippen MR) is 179 cm³/mol. The van der Waals surface area contributed by atoms with E-state index in [9.17, 15) is 18.0 Å². The van der Waals surface area contributed by atoms with E-state index in [1.807, 2.05) is 49.2 Å². The van der Waals surface area contributed by atoms with E-state index in [0.717, 1.165) is 67.3 Å². The number of nitrogens with zero attached hydrogens (tertiary/aromatic N) is 4. The quantitative estimate of drug-likeness (QED) is 0.222. The zero-order valence-electron chi connectivity index (χ0n) is 27.8. The van der Waals surface area contributed by atoms with Gasteiger partial charge in [0.25, 0.3) is 5.91 Å². The normalized spacial score (nSPS) is 25.3. The van der Waals surface area contributed by atoms with E-state index in [1.54, 1.807) is 18.5 Å². The van der Waals surface area contributed by atoms with Gasteiger partial charge in [0.2, 0.25) is 0 Å². The lowest BCUT2D eigenvalue weighted by atomic mass is 9.49. The molecule has 0 N–H and O–H groups in total.